The van der Waals surface area contributed by atoms with Crippen molar-refractivity contribution in [2.24, 2.45) is 10.6 Å². The fourth-order valence-electron chi connectivity index (χ4n) is 3.13. The Kier molecular flexibility index (Phi) is 7.64. The summed E-state index contributed by atoms with van der Waals surface area (Å²) < 4.78 is 23.3. The number of rotatable bonds is 7. The molecule has 9 heteroatoms. The number of aliphatic carboxylic acids is 1. The second kappa shape index (κ2) is 8.64. The minimum absolute atomic E-state index is 0. The van der Waals surface area contributed by atoms with E-state index in [1.54, 1.807) is 12.1 Å². The Morgan fingerprint density at radius 3 is 2.36 bits per heavy atom. The molecule has 1 aliphatic carbocycles. The molecule has 7 nitrogen and oxygen atoms in total. The summed E-state index contributed by atoms with van der Waals surface area (Å²) in [4.78, 5) is 23.0. The van der Waals surface area contributed by atoms with E-state index in [2.05, 4.69) is 5.32 Å². The topological polar surface area (TPSA) is 129 Å². The van der Waals surface area contributed by atoms with Crippen LogP contribution in [-0.4, -0.2) is 20.3 Å². The van der Waals surface area contributed by atoms with Crippen molar-refractivity contribution in [3.8, 4) is 0 Å². The van der Waals surface area contributed by atoms with Crippen LogP contribution in [0.15, 0.2) is 23.1 Å². The molecule has 0 saturated heterocycles. The van der Waals surface area contributed by atoms with Crippen LogP contribution in [0.2, 0.25) is 0 Å². The summed E-state index contributed by atoms with van der Waals surface area (Å²) in [5, 5.41) is 18.7. The van der Waals surface area contributed by atoms with Crippen molar-refractivity contribution in [1.29, 1.82) is 0 Å². The maximum Gasteiger partial charge on any atom is 1.00 e. The molecular weight excluding hydrogens is 355 g/mol. The molecule has 1 saturated carbocycles. The first kappa shape index (κ1) is 22.1. The van der Waals surface area contributed by atoms with Crippen LogP contribution in [0.3, 0.4) is 0 Å². The SMILES string of the molecule is CCc1ccc(NC(=O)CC2(CC(=O)[O-])CCC2)cc1S(N)(=O)=O.[Na+]. The van der Waals surface area contributed by atoms with Gasteiger partial charge in [0.1, 0.15) is 0 Å². The van der Waals surface area contributed by atoms with Crippen LogP contribution in [0.1, 0.15) is 44.6 Å². The van der Waals surface area contributed by atoms with Gasteiger partial charge in [0.15, 0.2) is 0 Å². The number of carboxylic acid groups (broad SMARTS) is 1. The summed E-state index contributed by atoms with van der Waals surface area (Å²) in [5.41, 5.74) is 0.349. The molecule has 1 aliphatic rings. The zero-order chi connectivity index (χ0) is 18.0. The molecule has 0 unspecified atom stereocenters. The van der Waals surface area contributed by atoms with Crippen molar-refractivity contribution >= 4 is 27.6 Å². The van der Waals surface area contributed by atoms with Crippen molar-refractivity contribution < 1.29 is 52.7 Å². The molecule has 1 aromatic carbocycles. The predicted octanol–water partition coefficient (Wildman–Crippen LogP) is -2.46. The first-order valence-corrected chi connectivity index (χ1v) is 9.35. The van der Waals surface area contributed by atoms with Crippen molar-refractivity contribution in [2.45, 2.75) is 50.3 Å². The van der Waals surface area contributed by atoms with Crippen LogP contribution >= 0.6 is 0 Å². The standard InChI is InChI=1S/C16H22N2O5S.Na/c1-2-11-4-5-12(8-13(11)24(17,22)23)18-14(19)9-16(6-3-7-16)10-15(20)21;/h4-5,8H,2-3,6-7,9-10H2,1H3,(H,18,19)(H,20,21)(H2,17,22,23);/q;+1/p-1. The third-order valence-electron chi connectivity index (χ3n) is 4.51. The van der Waals surface area contributed by atoms with E-state index in [9.17, 15) is 23.1 Å². The van der Waals surface area contributed by atoms with E-state index in [1.807, 2.05) is 6.92 Å². The summed E-state index contributed by atoms with van der Waals surface area (Å²) in [6.45, 7) is 1.81. The number of carbonyl (C=O) groups is 2. The number of primary sulfonamides is 1. The molecule has 0 aliphatic heterocycles. The van der Waals surface area contributed by atoms with Crippen molar-refractivity contribution in [3.63, 3.8) is 0 Å². The largest absolute Gasteiger partial charge is 1.00 e. The van der Waals surface area contributed by atoms with E-state index in [4.69, 9.17) is 5.14 Å². The molecule has 0 aromatic heterocycles. The Hall–Kier alpha value is -0.930. The second-order valence-electron chi connectivity index (χ2n) is 6.35. The van der Waals surface area contributed by atoms with Crippen LogP contribution in [0, 0.1) is 5.41 Å². The van der Waals surface area contributed by atoms with E-state index in [-0.39, 0.29) is 53.2 Å². The van der Waals surface area contributed by atoms with Crippen molar-refractivity contribution in [3.05, 3.63) is 23.8 Å². The smallest absolute Gasteiger partial charge is 0.550 e. The van der Waals surface area contributed by atoms with E-state index in [1.165, 1.54) is 6.07 Å². The van der Waals surface area contributed by atoms with Gasteiger partial charge in [0.25, 0.3) is 0 Å². The zero-order valence-corrected chi connectivity index (χ0v) is 17.3. The third-order valence-corrected chi connectivity index (χ3v) is 5.50. The molecule has 0 atom stereocenters. The van der Waals surface area contributed by atoms with Gasteiger partial charge in [-0.25, -0.2) is 13.6 Å². The zero-order valence-electron chi connectivity index (χ0n) is 14.5. The van der Waals surface area contributed by atoms with E-state index in [0.29, 0.717) is 30.5 Å². The number of carbonyl (C=O) groups excluding carboxylic acids is 2. The van der Waals surface area contributed by atoms with Gasteiger partial charge in [0, 0.05) is 18.1 Å². The molecule has 0 bridgehead atoms. The number of hydrogen-bond donors (Lipinski definition) is 2. The van der Waals surface area contributed by atoms with Gasteiger partial charge in [0.2, 0.25) is 15.9 Å². The van der Waals surface area contributed by atoms with Crippen LogP contribution in [0.5, 0.6) is 0 Å². The molecule has 3 N–H and O–H groups in total. The fraction of sp³-hybridized carbons (Fsp3) is 0.500. The van der Waals surface area contributed by atoms with Gasteiger partial charge in [-0.15, -0.1) is 0 Å². The average Bonchev–Trinajstić information content (AvgIpc) is 2.43. The number of nitrogens with two attached hydrogens (primary N) is 1. The molecule has 1 aromatic rings. The Balaban J connectivity index is 0.00000312. The number of hydrogen-bond acceptors (Lipinski definition) is 5. The van der Waals surface area contributed by atoms with Crippen LogP contribution in [0.25, 0.3) is 0 Å². The summed E-state index contributed by atoms with van der Waals surface area (Å²) >= 11 is 0. The molecule has 25 heavy (non-hydrogen) atoms. The predicted molar refractivity (Wildman–Crippen MR) is 86.3 cm³/mol. The Bertz CT molecular complexity index is 760. The van der Waals surface area contributed by atoms with E-state index < -0.39 is 21.4 Å². The minimum atomic E-state index is -3.89. The Morgan fingerprint density at radius 2 is 1.92 bits per heavy atom. The van der Waals surface area contributed by atoms with Gasteiger partial charge >= 0.3 is 29.6 Å². The average molecular weight is 376 g/mol. The number of amides is 1. The number of carboxylic acids is 1. The van der Waals surface area contributed by atoms with Crippen LogP contribution < -0.4 is 45.1 Å². The van der Waals surface area contributed by atoms with E-state index in [0.717, 1.165) is 6.42 Å². The quantitative estimate of drug-likeness (QED) is 0.510. The number of anilines is 1. The van der Waals surface area contributed by atoms with Gasteiger partial charge in [-0.3, -0.25) is 4.79 Å². The van der Waals surface area contributed by atoms with E-state index >= 15 is 0 Å². The third kappa shape index (κ3) is 5.79. The molecular formula is C16H21N2NaO5S. The van der Waals surface area contributed by atoms with Gasteiger partial charge in [-0.05, 0) is 48.8 Å². The Morgan fingerprint density at radius 1 is 1.28 bits per heavy atom. The van der Waals surface area contributed by atoms with Gasteiger partial charge < -0.3 is 15.2 Å². The number of sulfonamides is 1. The first-order chi connectivity index (χ1) is 11.1. The first-order valence-electron chi connectivity index (χ1n) is 7.81. The molecule has 0 radical (unpaired) electrons. The van der Waals surface area contributed by atoms with Crippen LogP contribution in [-0.2, 0) is 26.0 Å². The molecule has 0 heterocycles. The van der Waals surface area contributed by atoms with Crippen molar-refractivity contribution in [1.82, 2.24) is 0 Å². The summed E-state index contributed by atoms with van der Waals surface area (Å²) in [7, 11) is -3.89. The van der Waals surface area contributed by atoms with Crippen molar-refractivity contribution in [2.75, 3.05) is 5.32 Å². The second-order valence-corrected chi connectivity index (χ2v) is 7.88. The number of aryl methyl sites for hydroxylation is 1. The maximum atomic E-state index is 12.2. The summed E-state index contributed by atoms with van der Waals surface area (Å²) in [5.74, 6) is -1.51. The molecule has 2 rings (SSSR count). The molecule has 1 amide bonds. The number of benzene rings is 1. The summed E-state index contributed by atoms with van der Waals surface area (Å²) in [6, 6.07) is 4.55. The molecule has 1 fully saturated rings. The van der Waals surface area contributed by atoms with Gasteiger partial charge in [-0.2, -0.15) is 0 Å². The summed E-state index contributed by atoms with van der Waals surface area (Å²) in [6.07, 6.45) is 2.66. The fourth-order valence-corrected chi connectivity index (χ4v) is 4.00. The van der Waals surface area contributed by atoms with Gasteiger partial charge in [0.05, 0.1) is 4.90 Å². The Labute approximate surface area is 169 Å². The maximum absolute atomic E-state index is 12.2. The number of nitrogens with one attached hydrogen (secondary N) is 1. The normalized spacial score (nSPS) is 15.6. The van der Waals surface area contributed by atoms with Crippen LogP contribution in [0.4, 0.5) is 5.69 Å². The molecule has 132 valence electrons. The minimum Gasteiger partial charge on any atom is -0.550 e. The molecule has 0 spiro atoms. The monoisotopic (exact) mass is 376 g/mol. The van der Waals surface area contributed by atoms with Gasteiger partial charge in [-0.1, -0.05) is 19.4 Å².